The van der Waals surface area contributed by atoms with Gasteiger partial charge in [0, 0.05) is 26.7 Å². The van der Waals surface area contributed by atoms with E-state index in [9.17, 15) is 4.79 Å². The summed E-state index contributed by atoms with van der Waals surface area (Å²) in [6, 6.07) is 5.46. The largest absolute Gasteiger partial charge is 0.369 e. The first-order valence-corrected chi connectivity index (χ1v) is 7.34. The van der Waals surface area contributed by atoms with Crippen molar-refractivity contribution < 1.29 is 4.79 Å². The summed E-state index contributed by atoms with van der Waals surface area (Å²) >= 11 is 0. The summed E-state index contributed by atoms with van der Waals surface area (Å²) in [5, 5.41) is 5.88. The quantitative estimate of drug-likeness (QED) is 0.857. The number of piperidine rings is 1. The van der Waals surface area contributed by atoms with Crippen LogP contribution < -0.4 is 10.6 Å². The average molecular weight is 276 g/mol. The molecule has 1 aliphatic rings. The van der Waals surface area contributed by atoms with E-state index in [0.29, 0.717) is 5.69 Å². The molecule has 0 radical (unpaired) electrons. The van der Waals surface area contributed by atoms with Gasteiger partial charge in [0.2, 0.25) is 0 Å². The maximum atomic E-state index is 11.5. The van der Waals surface area contributed by atoms with Gasteiger partial charge in [0.25, 0.3) is 5.91 Å². The van der Waals surface area contributed by atoms with Crippen LogP contribution in [-0.2, 0) is 0 Å². The van der Waals surface area contributed by atoms with Crippen molar-refractivity contribution in [1.29, 1.82) is 0 Å². The maximum absolute atomic E-state index is 11.5. The van der Waals surface area contributed by atoms with Gasteiger partial charge >= 0.3 is 0 Å². The van der Waals surface area contributed by atoms with Crippen LogP contribution in [0, 0.1) is 5.92 Å². The Morgan fingerprint density at radius 1 is 1.50 bits per heavy atom. The molecule has 110 valence electrons. The number of hydrogen-bond acceptors (Lipinski definition) is 4. The van der Waals surface area contributed by atoms with Crippen LogP contribution >= 0.6 is 0 Å². The van der Waals surface area contributed by atoms with Crippen LogP contribution in [0.5, 0.6) is 0 Å². The molecule has 0 saturated carbocycles. The van der Waals surface area contributed by atoms with Crippen LogP contribution in [0.4, 0.5) is 5.82 Å². The minimum Gasteiger partial charge on any atom is -0.369 e. The topological polar surface area (TPSA) is 57.3 Å². The summed E-state index contributed by atoms with van der Waals surface area (Å²) in [6.45, 7) is 6.58. The molecule has 5 heteroatoms. The molecule has 0 unspecified atom stereocenters. The second-order valence-electron chi connectivity index (χ2n) is 5.46. The van der Waals surface area contributed by atoms with Gasteiger partial charge in [0.05, 0.1) is 0 Å². The van der Waals surface area contributed by atoms with E-state index in [4.69, 9.17) is 0 Å². The fourth-order valence-corrected chi connectivity index (χ4v) is 2.62. The van der Waals surface area contributed by atoms with Crippen LogP contribution in [0.3, 0.4) is 0 Å². The number of aromatic nitrogens is 1. The molecule has 20 heavy (non-hydrogen) atoms. The van der Waals surface area contributed by atoms with Crippen molar-refractivity contribution in [3.63, 3.8) is 0 Å². The van der Waals surface area contributed by atoms with Gasteiger partial charge in [-0.2, -0.15) is 0 Å². The first-order chi connectivity index (χ1) is 9.69. The average Bonchev–Trinajstić information content (AvgIpc) is 2.47. The zero-order valence-corrected chi connectivity index (χ0v) is 12.4. The molecule has 2 rings (SSSR count). The van der Waals surface area contributed by atoms with Gasteiger partial charge < -0.3 is 15.5 Å². The predicted molar refractivity (Wildman–Crippen MR) is 81.0 cm³/mol. The monoisotopic (exact) mass is 276 g/mol. The zero-order valence-electron chi connectivity index (χ0n) is 12.4. The Bertz CT molecular complexity index is 449. The first-order valence-electron chi connectivity index (χ1n) is 7.34. The molecule has 0 aliphatic carbocycles. The molecule has 0 aromatic carbocycles. The molecular formula is C15H24N4O. The molecule has 1 amide bonds. The second-order valence-corrected chi connectivity index (χ2v) is 5.46. The smallest absolute Gasteiger partial charge is 0.269 e. The number of nitrogens with one attached hydrogen (secondary N) is 2. The van der Waals surface area contributed by atoms with Crippen molar-refractivity contribution in [3.8, 4) is 0 Å². The molecule has 1 saturated heterocycles. The Labute approximate surface area is 120 Å². The number of carbonyl (C=O) groups is 1. The highest BCUT2D eigenvalue weighted by Crippen LogP contribution is 2.14. The van der Waals surface area contributed by atoms with E-state index in [0.717, 1.165) is 24.8 Å². The Hall–Kier alpha value is -1.62. The van der Waals surface area contributed by atoms with Crippen LogP contribution in [0.15, 0.2) is 18.2 Å². The summed E-state index contributed by atoms with van der Waals surface area (Å²) in [6.07, 6.45) is 2.64. The number of hydrogen-bond donors (Lipinski definition) is 2. The number of anilines is 1. The standard InChI is InChI=1S/C15H24N4O/c1-12-5-4-9-19(11-12)10-8-17-14-7-3-6-13(18-14)15(20)16-2/h3,6-7,12H,4-5,8-11H2,1-2H3,(H,16,20)(H,17,18)/t12-/m0/s1. The van der Waals surface area contributed by atoms with Crippen LogP contribution in [-0.4, -0.2) is 49.0 Å². The Morgan fingerprint density at radius 2 is 2.35 bits per heavy atom. The normalized spacial score (nSPS) is 19.6. The van der Waals surface area contributed by atoms with E-state index in [2.05, 4.69) is 27.4 Å². The molecule has 1 fully saturated rings. The number of nitrogens with zero attached hydrogens (tertiary/aromatic N) is 2. The molecular weight excluding hydrogens is 252 g/mol. The predicted octanol–water partition coefficient (Wildman–Crippen LogP) is 1.58. The summed E-state index contributed by atoms with van der Waals surface area (Å²) in [7, 11) is 1.61. The van der Waals surface area contributed by atoms with Crippen molar-refractivity contribution in [1.82, 2.24) is 15.2 Å². The molecule has 1 aromatic heterocycles. The highest BCUT2D eigenvalue weighted by molar-refractivity contribution is 5.92. The van der Waals surface area contributed by atoms with Gasteiger partial charge in [-0.05, 0) is 37.4 Å². The van der Waals surface area contributed by atoms with Gasteiger partial charge in [0.15, 0.2) is 0 Å². The molecule has 1 atom stereocenters. The summed E-state index contributed by atoms with van der Waals surface area (Å²) < 4.78 is 0. The lowest BCUT2D eigenvalue weighted by Crippen LogP contribution is -2.37. The van der Waals surface area contributed by atoms with Crippen LogP contribution in [0.25, 0.3) is 0 Å². The van der Waals surface area contributed by atoms with Crippen molar-refractivity contribution in [3.05, 3.63) is 23.9 Å². The number of rotatable bonds is 5. The number of amides is 1. The molecule has 5 nitrogen and oxygen atoms in total. The summed E-state index contributed by atoms with van der Waals surface area (Å²) in [4.78, 5) is 18.3. The third-order valence-corrected chi connectivity index (χ3v) is 3.68. The van der Waals surface area contributed by atoms with Gasteiger partial charge in [0.1, 0.15) is 11.5 Å². The van der Waals surface area contributed by atoms with Gasteiger partial charge in [-0.15, -0.1) is 0 Å². The summed E-state index contributed by atoms with van der Waals surface area (Å²) in [5.74, 6) is 1.41. The highest BCUT2D eigenvalue weighted by atomic mass is 16.1. The minimum atomic E-state index is -0.154. The van der Waals surface area contributed by atoms with E-state index in [1.54, 1.807) is 13.1 Å². The van der Waals surface area contributed by atoms with E-state index in [-0.39, 0.29) is 5.91 Å². The van der Waals surface area contributed by atoms with E-state index in [1.807, 2.05) is 12.1 Å². The van der Waals surface area contributed by atoms with Gasteiger partial charge in [-0.1, -0.05) is 13.0 Å². The first kappa shape index (κ1) is 14.8. The van der Waals surface area contributed by atoms with Crippen molar-refractivity contribution in [2.75, 3.05) is 38.5 Å². The fourth-order valence-electron chi connectivity index (χ4n) is 2.62. The van der Waals surface area contributed by atoms with Gasteiger partial charge in [-0.3, -0.25) is 4.79 Å². The number of carbonyl (C=O) groups excluding carboxylic acids is 1. The maximum Gasteiger partial charge on any atom is 0.269 e. The third kappa shape index (κ3) is 4.20. The van der Waals surface area contributed by atoms with E-state index in [1.165, 1.54) is 25.9 Å². The number of likely N-dealkylation sites (tertiary alicyclic amines) is 1. The SMILES string of the molecule is CNC(=O)c1cccc(NCCN2CCC[C@H](C)C2)n1. The van der Waals surface area contributed by atoms with Crippen molar-refractivity contribution in [2.24, 2.45) is 5.92 Å². The molecule has 2 heterocycles. The Balaban J connectivity index is 1.80. The van der Waals surface area contributed by atoms with Crippen LogP contribution in [0.2, 0.25) is 0 Å². The van der Waals surface area contributed by atoms with Crippen LogP contribution in [0.1, 0.15) is 30.3 Å². The highest BCUT2D eigenvalue weighted by Gasteiger charge is 2.15. The van der Waals surface area contributed by atoms with E-state index >= 15 is 0 Å². The number of pyridine rings is 1. The van der Waals surface area contributed by atoms with Crippen molar-refractivity contribution in [2.45, 2.75) is 19.8 Å². The molecule has 2 N–H and O–H groups in total. The Kier molecular flexibility index (Phi) is 5.35. The molecule has 0 bridgehead atoms. The Morgan fingerprint density at radius 3 is 3.10 bits per heavy atom. The lowest BCUT2D eigenvalue weighted by atomic mass is 10.0. The molecule has 1 aliphatic heterocycles. The van der Waals surface area contributed by atoms with Crippen molar-refractivity contribution >= 4 is 11.7 Å². The zero-order chi connectivity index (χ0) is 14.4. The van der Waals surface area contributed by atoms with Gasteiger partial charge in [-0.25, -0.2) is 4.98 Å². The summed E-state index contributed by atoms with van der Waals surface area (Å²) in [5.41, 5.74) is 0.448. The minimum absolute atomic E-state index is 0.154. The van der Waals surface area contributed by atoms with E-state index < -0.39 is 0 Å². The second kappa shape index (κ2) is 7.24. The third-order valence-electron chi connectivity index (χ3n) is 3.68. The lowest BCUT2D eigenvalue weighted by Gasteiger charge is -2.30. The lowest BCUT2D eigenvalue weighted by molar-refractivity contribution is 0.0958. The molecule has 0 spiro atoms. The molecule has 1 aromatic rings. The fraction of sp³-hybridized carbons (Fsp3) is 0.600.